The Morgan fingerprint density at radius 2 is 1.68 bits per heavy atom. The van der Waals surface area contributed by atoms with Crippen molar-refractivity contribution in [2.24, 2.45) is 16.7 Å². The van der Waals surface area contributed by atoms with E-state index in [0.717, 1.165) is 12.0 Å². The molecule has 1 amide bonds. The molecule has 28 heavy (non-hydrogen) atoms. The Labute approximate surface area is 170 Å². The summed E-state index contributed by atoms with van der Waals surface area (Å²) in [6.45, 7) is 17.6. The molecule has 0 fully saturated rings. The minimum atomic E-state index is -0.812. The van der Waals surface area contributed by atoms with Gasteiger partial charge in [0.15, 0.2) is 0 Å². The van der Waals surface area contributed by atoms with Gasteiger partial charge in [0.05, 0.1) is 0 Å². The molecule has 0 saturated heterocycles. The van der Waals surface area contributed by atoms with Crippen molar-refractivity contribution in [1.82, 2.24) is 5.32 Å². The van der Waals surface area contributed by atoms with Crippen molar-refractivity contribution in [2.45, 2.75) is 80.3 Å². The molecule has 0 heterocycles. The van der Waals surface area contributed by atoms with Crippen molar-refractivity contribution in [3.05, 3.63) is 29.8 Å². The van der Waals surface area contributed by atoms with Gasteiger partial charge in [-0.2, -0.15) is 0 Å². The minimum absolute atomic E-state index is 0.0181. The first-order chi connectivity index (χ1) is 12.8. The molecular weight excluding hydrogens is 354 g/mol. The van der Waals surface area contributed by atoms with Crippen LogP contribution in [0.15, 0.2) is 24.3 Å². The van der Waals surface area contributed by atoms with E-state index in [0.29, 0.717) is 23.6 Å². The van der Waals surface area contributed by atoms with Crippen LogP contribution < -0.4 is 10.1 Å². The molecule has 1 rings (SSSR count). The van der Waals surface area contributed by atoms with Crippen molar-refractivity contribution < 1.29 is 19.7 Å². The summed E-state index contributed by atoms with van der Waals surface area (Å²) in [7, 11) is 0. The number of amides is 1. The number of rotatable bonds is 10. The van der Waals surface area contributed by atoms with Crippen LogP contribution in [0.1, 0.15) is 80.2 Å². The summed E-state index contributed by atoms with van der Waals surface area (Å²) in [5.74, 6) is 1.01. The number of hydrogen-bond donors (Lipinski definition) is 2. The first-order valence-electron chi connectivity index (χ1n) is 10.2. The molecular formula is C23H39NO4. The second kappa shape index (κ2) is 9.75. The second-order valence-electron chi connectivity index (χ2n) is 9.88. The highest BCUT2D eigenvalue weighted by atomic mass is 17.1. The fourth-order valence-electron chi connectivity index (χ4n) is 3.50. The van der Waals surface area contributed by atoms with E-state index in [2.05, 4.69) is 51.7 Å². The molecule has 0 bridgehead atoms. The van der Waals surface area contributed by atoms with Crippen LogP contribution >= 0.6 is 0 Å². The summed E-state index contributed by atoms with van der Waals surface area (Å²) in [5, 5.41) is 11.8. The molecule has 1 atom stereocenters. The minimum Gasteiger partial charge on any atom is -0.410 e. The van der Waals surface area contributed by atoms with Gasteiger partial charge in [0.25, 0.3) is 0 Å². The zero-order chi connectivity index (χ0) is 21.6. The van der Waals surface area contributed by atoms with Gasteiger partial charge >= 0.3 is 6.09 Å². The Balaban J connectivity index is 2.57. The molecule has 2 N–H and O–H groups in total. The van der Waals surface area contributed by atoms with Gasteiger partial charge in [-0.3, -0.25) is 5.26 Å². The lowest BCUT2D eigenvalue weighted by Crippen LogP contribution is -2.38. The third kappa shape index (κ3) is 7.44. The maximum atomic E-state index is 12.2. The van der Waals surface area contributed by atoms with Gasteiger partial charge in [0.1, 0.15) is 11.4 Å². The summed E-state index contributed by atoms with van der Waals surface area (Å²) in [5.41, 5.74) is 0.246. The molecule has 5 nitrogen and oxygen atoms in total. The molecule has 0 saturated carbocycles. The third-order valence-corrected chi connectivity index (χ3v) is 5.79. The lowest BCUT2D eigenvalue weighted by atomic mass is 9.69. The summed E-state index contributed by atoms with van der Waals surface area (Å²) >= 11 is 0. The lowest BCUT2D eigenvalue weighted by Gasteiger charge is -2.37. The van der Waals surface area contributed by atoms with Gasteiger partial charge in [0, 0.05) is 6.54 Å². The van der Waals surface area contributed by atoms with Crippen LogP contribution in [-0.4, -0.2) is 17.9 Å². The van der Waals surface area contributed by atoms with Crippen molar-refractivity contribution >= 4 is 6.09 Å². The monoisotopic (exact) mass is 393 g/mol. The zero-order valence-electron chi connectivity index (χ0n) is 18.9. The maximum Gasteiger partial charge on any atom is 0.412 e. The normalized spacial score (nSPS) is 13.9. The number of carbonyl (C=O) groups is 1. The molecule has 0 aromatic heterocycles. The molecule has 1 aromatic carbocycles. The van der Waals surface area contributed by atoms with E-state index in [1.165, 1.54) is 12.8 Å². The smallest absolute Gasteiger partial charge is 0.410 e. The van der Waals surface area contributed by atoms with E-state index in [1.807, 2.05) is 0 Å². The van der Waals surface area contributed by atoms with Gasteiger partial charge in [-0.05, 0) is 61.1 Å². The Hall–Kier alpha value is -1.59. The van der Waals surface area contributed by atoms with Crippen LogP contribution in [0.4, 0.5) is 4.79 Å². The number of carbonyl (C=O) groups excluding carboxylic acids is 1. The zero-order valence-corrected chi connectivity index (χ0v) is 18.9. The molecule has 1 aromatic rings. The van der Waals surface area contributed by atoms with Crippen LogP contribution in [-0.2, 0) is 10.5 Å². The molecule has 1 unspecified atom stereocenters. The average molecular weight is 394 g/mol. The van der Waals surface area contributed by atoms with Gasteiger partial charge in [-0.25, -0.2) is 9.68 Å². The van der Waals surface area contributed by atoms with E-state index >= 15 is 0 Å². The molecule has 0 spiro atoms. The fraction of sp³-hybridized carbons (Fsp3) is 0.696. The highest BCUT2D eigenvalue weighted by Gasteiger charge is 2.31. The van der Waals surface area contributed by atoms with Crippen molar-refractivity contribution in [3.63, 3.8) is 0 Å². The topological polar surface area (TPSA) is 67.8 Å². The second-order valence-corrected chi connectivity index (χ2v) is 9.88. The third-order valence-electron chi connectivity index (χ3n) is 5.79. The highest BCUT2D eigenvalue weighted by Crippen LogP contribution is 2.39. The van der Waals surface area contributed by atoms with Gasteiger partial charge in [-0.1, -0.05) is 60.1 Å². The van der Waals surface area contributed by atoms with Crippen LogP contribution in [0.2, 0.25) is 0 Å². The number of hydrogen-bond acceptors (Lipinski definition) is 4. The first kappa shape index (κ1) is 24.4. The van der Waals surface area contributed by atoms with E-state index in [9.17, 15) is 4.79 Å². The molecule has 0 radical (unpaired) electrons. The van der Waals surface area contributed by atoms with Crippen LogP contribution in [0.25, 0.3) is 0 Å². The molecule has 160 valence electrons. The quantitative estimate of drug-likeness (QED) is 0.357. The van der Waals surface area contributed by atoms with E-state index < -0.39 is 11.7 Å². The SMILES string of the molecule is CCCC(C)(C)C(C)CC(C)(C)CNC(=O)Oc1ccc(C(C)(C)OO)cc1. The Morgan fingerprint density at radius 1 is 1.11 bits per heavy atom. The summed E-state index contributed by atoms with van der Waals surface area (Å²) in [6, 6.07) is 6.91. The average Bonchev–Trinajstić information content (AvgIpc) is 2.60. The lowest BCUT2D eigenvalue weighted by molar-refractivity contribution is -0.318. The number of ether oxygens (including phenoxy) is 1. The molecule has 0 aliphatic heterocycles. The van der Waals surface area contributed by atoms with Crippen molar-refractivity contribution in [1.29, 1.82) is 0 Å². The van der Waals surface area contributed by atoms with Gasteiger partial charge < -0.3 is 10.1 Å². The fourth-order valence-corrected chi connectivity index (χ4v) is 3.50. The van der Waals surface area contributed by atoms with Gasteiger partial charge in [0.2, 0.25) is 0 Å². The predicted octanol–water partition coefficient (Wildman–Crippen LogP) is 6.38. The summed E-state index contributed by atoms with van der Waals surface area (Å²) < 4.78 is 5.37. The van der Waals surface area contributed by atoms with Crippen molar-refractivity contribution in [3.8, 4) is 5.75 Å². The number of benzene rings is 1. The Morgan fingerprint density at radius 3 is 2.18 bits per heavy atom. The van der Waals surface area contributed by atoms with E-state index in [1.54, 1.807) is 38.1 Å². The largest absolute Gasteiger partial charge is 0.412 e. The number of nitrogens with one attached hydrogen (secondary N) is 1. The summed E-state index contributed by atoms with van der Waals surface area (Å²) in [4.78, 5) is 16.7. The molecule has 5 heteroatoms. The molecule has 0 aliphatic rings. The van der Waals surface area contributed by atoms with E-state index in [4.69, 9.17) is 9.99 Å². The van der Waals surface area contributed by atoms with Crippen LogP contribution in [0.3, 0.4) is 0 Å². The highest BCUT2D eigenvalue weighted by molar-refractivity contribution is 5.70. The summed E-state index contributed by atoms with van der Waals surface area (Å²) in [6.07, 6.45) is 2.96. The Bertz CT molecular complexity index is 620. The molecule has 0 aliphatic carbocycles. The first-order valence-corrected chi connectivity index (χ1v) is 10.2. The predicted molar refractivity (Wildman–Crippen MR) is 113 cm³/mol. The van der Waals surface area contributed by atoms with E-state index in [-0.39, 0.29) is 5.41 Å². The standard InChI is InChI=1S/C23H39NO4/c1-9-14-22(5,6)17(2)15-21(3,4)16-24-20(25)27-19-12-10-18(11-13-19)23(7,8)28-26/h10-13,17,26H,9,14-16H2,1-8H3,(H,24,25). The Kier molecular flexibility index (Phi) is 8.51. The van der Waals surface area contributed by atoms with Crippen molar-refractivity contribution in [2.75, 3.05) is 6.54 Å². The van der Waals surface area contributed by atoms with Gasteiger partial charge in [-0.15, -0.1) is 0 Å². The van der Waals surface area contributed by atoms with Crippen LogP contribution in [0.5, 0.6) is 5.75 Å². The van der Waals surface area contributed by atoms with Crippen LogP contribution in [0, 0.1) is 16.7 Å². The maximum absolute atomic E-state index is 12.2.